The van der Waals surface area contributed by atoms with Gasteiger partial charge in [-0.25, -0.2) is 0 Å². The summed E-state index contributed by atoms with van der Waals surface area (Å²) in [5, 5.41) is 1.15. The van der Waals surface area contributed by atoms with Crippen molar-refractivity contribution in [2.24, 2.45) is 5.73 Å². The molecule has 3 rings (SSSR count). The van der Waals surface area contributed by atoms with Gasteiger partial charge in [0, 0.05) is 23.5 Å². The first-order valence-corrected chi connectivity index (χ1v) is 7.45. The molecule has 0 aliphatic carbocycles. The van der Waals surface area contributed by atoms with Gasteiger partial charge in [0.05, 0.1) is 5.52 Å². The Balaban J connectivity index is 2.05. The quantitative estimate of drug-likeness (QED) is 0.765. The third-order valence-corrected chi connectivity index (χ3v) is 4.12. The fraction of sp³-hybridized carbons (Fsp3) is 0.211. The molecule has 3 aromatic rings. The van der Waals surface area contributed by atoms with Gasteiger partial charge in [-0.2, -0.15) is 0 Å². The Hall–Kier alpha value is -2.19. The number of nitrogens with two attached hydrogens (primary N) is 1. The topological polar surface area (TPSA) is 38.9 Å². The largest absolute Gasteiger partial charge is 0.323 e. The summed E-state index contributed by atoms with van der Waals surface area (Å²) in [6, 6.07) is 20.8. The molecule has 106 valence electrons. The predicted molar refractivity (Wildman–Crippen MR) is 88.1 cm³/mol. The van der Waals surface area contributed by atoms with Crippen LogP contribution in [0.5, 0.6) is 0 Å². The standard InChI is InChI=1S/C19H20N2/c1-2-16(14-8-4-3-5-9-14)18(20)17-12-6-10-15-11-7-13-21-19(15)17/h3-13,16,18H,2,20H2,1H3. The summed E-state index contributed by atoms with van der Waals surface area (Å²) in [6.07, 6.45) is 2.84. The maximum atomic E-state index is 6.61. The minimum Gasteiger partial charge on any atom is -0.323 e. The summed E-state index contributed by atoms with van der Waals surface area (Å²) >= 11 is 0. The first-order valence-electron chi connectivity index (χ1n) is 7.45. The SMILES string of the molecule is CCC(c1ccccc1)C(N)c1cccc2cccnc12. The summed E-state index contributed by atoms with van der Waals surface area (Å²) in [5.41, 5.74) is 10.0. The lowest BCUT2D eigenvalue weighted by atomic mass is 9.85. The van der Waals surface area contributed by atoms with Crippen LogP contribution >= 0.6 is 0 Å². The van der Waals surface area contributed by atoms with Crippen molar-refractivity contribution >= 4 is 10.9 Å². The molecular weight excluding hydrogens is 256 g/mol. The minimum absolute atomic E-state index is 0.0454. The minimum atomic E-state index is -0.0454. The molecule has 2 unspecified atom stereocenters. The summed E-state index contributed by atoms with van der Waals surface area (Å²) in [5.74, 6) is 0.304. The van der Waals surface area contributed by atoms with Crippen LogP contribution in [-0.4, -0.2) is 4.98 Å². The van der Waals surface area contributed by atoms with Gasteiger partial charge in [-0.1, -0.05) is 61.5 Å². The molecule has 0 amide bonds. The van der Waals surface area contributed by atoms with Crippen LogP contribution in [0.15, 0.2) is 66.9 Å². The number of benzene rings is 2. The Morgan fingerprint density at radius 1 is 0.952 bits per heavy atom. The van der Waals surface area contributed by atoms with Crippen molar-refractivity contribution in [3.05, 3.63) is 78.0 Å². The highest BCUT2D eigenvalue weighted by Gasteiger charge is 2.21. The van der Waals surface area contributed by atoms with E-state index in [1.54, 1.807) is 0 Å². The van der Waals surface area contributed by atoms with Gasteiger partial charge in [-0.3, -0.25) is 4.98 Å². The Morgan fingerprint density at radius 3 is 2.48 bits per heavy atom. The molecule has 2 nitrogen and oxygen atoms in total. The van der Waals surface area contributed by atoms with Gasteiger partial charge < -0.3 is 5.73 Å². The van der Waals surface area contributed by atoms with Crippen LogP contribution in [0.1, 0.15) is 36.4 Å². The molecule has 0 fully saturated rings. The van der Waals surface area contributed by atoms with Crippen molar-refractivity contribution in [2.45, 2.75) is 25.3 Å². The van der Waals surface area contributed by atoms with Crippen LogP contribution in [0.2, 0.25) is 0 Å². The van der Waals surface area contributed by atoms with E-state index in [0.717, 1.165) is 22.9 Å². The van der Waals surface area contributed by atoms with Gasteiger partial charge in [0.25, 0.3) is 0 Å². The van der Waals surface area contributed by atoms with Gasteiger partial charge in [-0.15, -0.1) is 0 Å². The third kappa shape index (κ3) is 2.67. The maximum absolute atomic E-state index is 6.61. The second-order valence-corrected chi connectivity index (χ2v) is 5.37. The monoisotopic (exact) mass is 276 g/mol. The zero-order chi connectivity index (χ0) is 14.7. The molecule has 0 saturated carbocycles. The number of nitrogens with zero attached hydrogens (tertiary/aromatic N) is 1. The van der Waals surface area contributed by atoms with Crippen LogP contribution in [0, 0.1) is 0 Å². The molecule has 21 heavy (non-hydrogen) atoms. The van der Waals surface area contributed by atoms with Crippen LogP contribution < -0.4 is 5.73 Å². The van der Waals surface area contributed by atoms with E-state index < -0.39 is 0 Å². The smallest absolute Gasteiger partial charge is 0.0749 e. The van der Waals surface area contributed by atoms with Crippen LogP contribution in [-0.2, 0) is 0 Å². The van der Waals surface area contributed by atoms with E-state index in [2.05, 4.69) is 60.4 Å². The summed E-state index contributed by atoms with van der Waals surface area (Å²) in [7, 11) is 0. The summed E-state index contributed by atoms with van der Waals surface area (Å²) in [6.45, 7) is 2.19. The lowest BCUT2D eigenvalue weighted by Gasteiger charge is -2.24. The zero-order valence-corrected chi connectivity index (χ0v) is 12.2. The number of para-hydroxylation sites is 1. The maximum Gasteiger partial charge on any atom is 0.0749 e. The number of hydrogen-bond acceptors (Lipinski definition) is 2. The highest BCUT2D eigenvalue weighted by atomic mass is 14.7. The Bertz CT molecular complexity index is 716. The number of fused-ring (bicyclic) bond motifs is 1. The molecule has 2 heteroatoms. The molecule has 0 bridgehead atoms. The predicted octanol–water partition coefficient (Wildman–Crippen LogP) is 4.43. The second kappa shape index (κ2) is 6.06. The van der Waals surface area contributed by atoms with E-state index >= 15 is 0 Å². The van der Waals surface area contributed by atoms with Gasteiger partial charge in [-0.05, 0) is 23.6 Å². The van der Waals surface area contributed by atoms with E-state index in [0.29, 0.717) is 5.92 Å². The Labute approximate surface area is 125 Å². The van der Waals surface area contributed by atoms with Crippen LogP contribution in [0.3, 0.4) is 0 Å². The van der Waals surface area contributed by atoms with E-state index in [4.69, 9.17) is 5.73 Å². The van der Waals surface area contributed by atoms with Gasteiger partial charge in [0.1, 0.15) is 0 Å². The van der Waals surface area contributed by atoms with Crippen molar-refractivity contribution in [3.63, 3.8) is 0 Å². The molecule has 2 aromatic carbocycles. The molecular formula is C19H20N2. The third-order valence-electron chi connectivity index (χ3n) is 4.12. The number of rotatable bonds is 4. The lowest BCUT2D eigenvalue weighted by Crippen LogP contribution is -2.20. The fourth-order valence-electron chi connectivity index (χ4n) is 3.01. The molecule has 0 aliphatic heterocycles. The zero-order valence-electron chi connectivity index (χ0n) is 12.2. The van der Waals surface area contributed by atoms with E-state index in [-0.39, 0.29) is 6.04 Å². The Kier molecular flexibility index (Phi) is 3.98. The molecule has 0 saturated heterocycles. The summed E-state index contributed by atoms with van der Waals surface area (Å²) in [4.78, 5) is 4.53. The van der Waals surface area contributed by atoms with Gasteiger partial charge >= 0.3 is 0 Å². The molecule has 1 aromatic heterocycles. The normalized spacial score (nSPS) is 14.0. The van der Waals surface area contributed by atoms with E-state index in [1.807, 2.05) is 18.3 Å². The first kappa shape index (κ1) is 13.8. The number of pyridine rings is 1. The molecule has 2 atom stereocenters. The van der Waals surface area contributed by atoms with Gasteiger partial charge in [0.15, 0.2) is 0 Å². The van der Waals surface area contributed by atoms with Crippen LogP contribution in [0.4, 0.5) is 0 Å². The van der Waals surface area contributed by atoms with Crippen molar-refractivity contribution in [2.75, 3.05) is 0 Å². The van der Waals surface area contributed by atoms with Crippen molar-refractivity contribution in [3.8, 4) is 0 Å². The van der Waals surface area contributed by atoms with Crippen molar-refractivity contribution in [1.29, 1.82) is 0 Å². The second-order valence-electron chi connectivity index (χ2n) is 5.37. The number of aromatic nitrogens is 1. The molecule has 2 N–H and O–H groups in total. The molecule has 0 spiro atoms. The van der Waals surface area contributed by atoms with E-state index in [1.165, 1.54) is 5.56 Å². The summed E-state index contributed by atoms with van der Waals surface area (Å²) < 4.78 is 0. The van der Waals surface area contributed by atoms with E-state index in [9.17, 15) is 0 Å². The van der Waals surface area contributed by atoms with Crippen LogP contribution in [0.25, 0.3) is 10.9 Å². The fourth-order valence-corrected chi connectivity index (χ4v) is 3.01. The highest BCUT2D eigenvalue weighted by Crippen LogP contribution is 2.34. The highest BCUT2D eigenvalue weighted by molar-refractivity contribution is 5.82. The van der Waals surface area contributed by atoms with Crippen molar-refractivity contribution in [1.82, 2.24) is 4.98 Å². The number of hydrogen-bond donors (Lipinski definition) is 1. The average molecular weight is 276 g/mol. The first-order chi connectivity index (χ1) is 10.3. The molecule has 0 radical (unpaired) electrons. The molecule has 0 aliphatic rings. The lowest BCUT2D eigenvalue weighted by molar-refractivity contribution is 0.541. The average Bonchev–Trinajstić information content (AvgIpc) is 2.56. The molecule has 1 heterocycles. The Morgan fingerprint density at radius 2 is 1.71 bits per heavy atom. The van der Waals surface area contributed by atoms with Gasteiger partial charge in [0.2, 0.25) is 0 Å². The van der Waals surface area contributed by atoms with Crippen molar-refractivity contribution < 1.29 is 0 Å².